The molecular formula is C40H51N9O4. The van der Waals surface area contributed by atoms with Crippen LogP contribution in [0.2, 0.25) is 0 Å². The summed E-state index contributed by atoms with van der Waals surface area (Å²) in [6.45, 7) is 11.9. The molecule has 2 amide bonds. The average molecular weight is 722 g/mol. The number of pyridine rings is 1. The standard InChI is InChI=1S/C40H51N9O4/c1-27-12-13-28(24-34(27)52-23-19-41-18-22-50)49-37(25-35(46-49)40(2,3)4)43-38(51)42-32-15-16-33(31-11-7-6-10-30(31)32)53-29-14-17-36-44-45-39(48(36)26-29)47-20-8-5-9-21-47/h6-7,10-14,17,24-26,32-33,41,50H,5,8-9,15-16,18-23H2,1-4H3,(H2,42,43,51)/t32-,33+/m0/s1. The van der Waals surface area contributed by atoms with Gasteiger partial charge in [-0.25, -0.2) is 9.48 Å². The number of nitrogens with zero attached hydrogens (tertiary/aromatic N) is 6. The van der Waals surface area contributed by atoms with Crippen LogP contribution in [0.25, 0.3) is 11.3 Å². The third kappa shape index (κ3) is 8.26. The van der Waals surface area contributed by atoms with E-state index in [0.29, 0.717) is 31.9 Å². The van der Waals surface area contributed by atoms with E-state index in [-0.39, 0.29) is 30.2 Å². The van der Waals surface area contributed by atoms with Gasteiger partial charge in [-0.3, -0.25) is 9.72 Å². The van der Waals surface area contributed by atoms with E-state index in [4.69, 9.17) is 19.7 Å². The Morgan fingerprint density at radius 1 is 0.962 bits per heavy atom. The van der Waals surface area contributed by atoms with Gasteiger partial charge in [0.1, 0.15) is 30.0 Å². The molecule has 2 aliphatic rings. The van der Waals surface area contributed by atoms with Gasteiger partial charge in [0.05, 0.1) is 30.2 Å². The Labute approximate surface area is 310 Å². The predicted molar refractivity (Wildman–Crippen MR) is 205 cm³/mol. The third-order valence-electron chi connectivity index (χ3n) is 9.98. The van der Waals surface area contributed by atoms with Gasteiger partial charge in [0, 0.05) is 43.7 Å². The molecule has 5 aromatic rings. The van der Waals surface area contributed by atoms with Gasteiger partial charge in [-0.2, -0.15) is 5.10 Å². The Kier molecular flexibility index (Phi) is 10.8. The summed E-state index contributed by atoms with van der Waals surface area (Å²) in [6, 6.07) is 19.4. The lowest BCUT2D eigenvalue weighted by Gasteiger charge is -2.32. The third-order valence-corrected chi connectivity index (χ3v) is 9.98. The van der Waals surface area contributed by atoms with Crippen molar-refractivity contribution in [2.24, 2.45) is 0 Å². The van der Waals surface area contributed by atoms with Crippen molar-refractivity contribution in [3.8, 4) is 17.2 Å². The van der Waals surface area contributed by atoms with E-state index in [1.165, 1.54) is 6.42 Å². The molecule has 1 aliphatic heterocycles. The molecule has 280 valence electrons. The fourth-order valence-electron chi connectivity index (χ4n) is 7.08. The number of fused-ring (bicyclic) bond motifs is 2. The van der Waals surface area contributed by atoms with Gasteiger partial charge in [0.25, 0.3) is 0 Å². The number of aryl methyl sites for hydroxylation is 1. The molecule has 1 fully saturated rings. The van der Waals surface area contributed by atoms with Crippen LogP contribution in [0.5, 0.6) is 11.5 Å². The number of benzene rings is 2. The number of hydrogen-bond donors (Lipinski definition) is 4. The largest absolute Gasteiger partial charge is 0.492 e. The molecule has 2 atom stereocenters. The predicted octanol–water partition coefficient (Wildman–Crippen LogP) is 6.25. The van der Waals surface area contributed by atoms with Crippen molar-refractivity contribution in [2.75, 3.05) is 49.6 Å². The summed E-state index contributed by atoms with van der Waals surface area (Å²) >= 11 is 0. The van der Waals surface area contributed by atoms with Gasteiger partial charge in [0.15, 0.2) is 5.65 Å². The highest BCUT2D eigenvalue weighted by molar-refractivity contribution is 5.89. The molecule has 13 heteroatoms. The first-order chi connectivity index (χ1) is 25.7. The van der Waals surface area contributed by atoms with Crippen LogP contribution in [0, 0.1) is 6.92 Å². The van der Waals surface area contributed by atoms with E-state index in [9.17, 15) is 4.79 Å². The van der Waals surface area contributed by atoms with Crippen LogP contribution >= 0.6 is 0 Å². The monoisotopic (exact) mass is 721 g/mol. The lowest BCUT2D eigenvalue weighted by molar-refractivity contribution is 0.171. The second-order valence-electron chi connectivity index (χ2n) is 15.0. The zero-order valence-electron chi connectivity index (χ0n) is 31.1. The SMILES string of the molecule is Cc1ccc(-n2nc(C(C)(C)C)cc2NC(=O)N[C@H]2CC[C@@H](Oc3ccc4nnc(N5CCCCC5)n4c3)c3ccccc32)cc1OCCNCCO. The maximum Gasteiger partial charge on any atom is 0.320 e. The molecule has 2 aromatic carbocycles. The van der Waals surface area contributed by atoms with Gasteiger partial charge in [-0.15, -0.1) is 10.2 Å². The summed E-state index contributed by atoms with van der Waals surface area (Å²) in [4.78, 5) is 16.1. The normalized spacial score (nSPS) is 17.4. The number of urea groups is 1. The van der Waals surface area contributed by atoms with Gasteiger partial charge < -0.3 is 30.1 Å². The number of amides is 2. The van der Waals surface area contributed by atoms with E-state index in [2.05, 4.69) is 64.0 Å². The van der Waals surface area contributed by atoms with Crippen molar-refractivity contribution >= 4 is 23.4 Å². The van der Waals surface area contributed by atoms with E-state index < -0.39 is 0 Å². The summed E-state index contributed by atoms with van der Waals surface area (Å²) in [6.07, 6.45) is 6.84. The number of ether oxygens (including phenoxy) is 2. The minimum absolute atomic E-state index is 0.0813. The molecule has 1 saturated heterocycles. The van der Waals surface area contributed by atoms with Crippen LogP contribution in [-0.2, 0) is 5.41 Å². The first-order valence-corrected chi connectivity index (χ1v) is 18.8. The van der Waals surface area contributed by atoms with E-state index in [1.807, 2.05) is 66.1 Å². The molecule has 4 heterocycles. The molecule has 0 unspecified atom stereocenters. The number of piperidine rings is 1. The summed E-state index contributed by atoms with van der Waals surface area (Å²) < 4.78 is 16.5. The fraction of sp³-hybridized carbons (Fsp3) is 0.450. The molecule has 53 heavy (non-hydrogen) atoms. The second-order valence-corrected chi connectivity index (χ2v) is 15.0. The molecule has 7 rings (SSSR count). The number of carbonyl (C=O) groups is 1. The van der Waals surface area contributed by atoms with E-state index in [1.54, 1.807) is 4.68 Å². The zero-order chi connectivity index (χ0) is 37.0. The molecule has 0 saturated carbocycles. The van der Waals surface area contributed by atoms with E-state index >= 15 is 0 Å². The Balaban J connectivity index is 1.06. The van der Waals surface area contributed by atoms with Crippen LogP contribution in [0.1, 0.15) is 87.4 Å². The minimum Gasteiger partial charge on any atom is -0.492 e. The fourth-order valence-corrected chi connectivity index (χ4v) is 7.08. The Hall–Kier alpha value is -5.14. The van der Waals surface area contributed by atoms with Gasteiger partial charge >= 0.3 is 6.03 Å². The molecule has 0 radical (unpaired) electrons. The molecular weight excluding hydrogens is 670 g/mol. The summed E-state index contributed by atoms with van der Waals surface area (Å²) in [7, 11) is 0. The summed E-state index contributed by atoms with van der Waals surface area (Å²) in [5.74, 6) is 2.91. The number of anilines is 2. The summed E-state index contributed by atoms with van der Waals surface area (Å²) in [5, 5.41) is 32.3. The summed E-state index contributed by atoms with van der Waals surface area (Å²) in [5.41, 5.74) is 5.26. The number of aliphatic hydroxyl groups excluding tert-OH is 1. The topological polar surface area (TPSA) is 143 Å². The van der Waals surface area contributed by atoms with E-state index in [0.717, 1.165) is 83.5 Å². The Morgan fingerprint density at radius 3 is 2.57 bits per heavy atom. The van der Waals surface area contributed by atoms with Crippen molar-refractivity contribution < 1.29 is 19.4 Å². The highest BCUT2D eigenvalue weighted by Gasteiger charge is 2.30. The highest BCUT2D eigenvalue weighted by Crippen LogP contribution is 2.39. The van der Waals surface area contributed by atoms with Gasteiger partial charge in [-0.05, 0) is 73.9 Å². The van der Waals surface area contributed by atoms with Crippen LogP contribution in [0.15, 0.2) is 66.9 Å². The van der Waals surface area contributed by atoms with Crippen LogP contribution in [-0.4, -0.2) is 74.9 Å². The lowest BCUT2D eigenvalue weighted by Crippen LogP contribution is -2.36. The number of aromatic nitrogens is 5. The van der Waals surface area contributed by atoms with Crippen molar-refractivity contribution in [1.82, 2.24) is 35.0 Å². The van der Waals surface area contributed by atoms with Crippen molar-refractivity contribution in [2.45, 2.75) is 77.4 Å². The number of rotatable bonds is 12. The lowest BCUT2D eigenvalue weighted by atomic mass is 9.85. The van der Waals surface area contributed by atoms with Gasteiger partial charge in [-0.1, -0.05) is 51.1 Å². The maximum atomic E-state index is 13.8. The molecule has 3 aromatic heterocycles. The average Bonchev–Trinajstić information content (AvgIpc) is 3.78. The number of carbonyl (C=O) groups excluding carboxylic acids is 1. The van der Waals surface area contributed by atoms with Crippen molar-refractivity contribution in [3.63, 3.8) is 0 Å². The number of hydrogen-bond acceptors (Lipinski definition) is 9. The number of aliphatic hydroxyl groups is 1. The first kappa shape index (κ1) is 36.2. The zero-order valence-corrected chi connectivity index (χ0v) is 31.1. The molecule has 0 spiro atoms. The Bertz CT molecular complexity index is 2030. The highest BCUT2D eigenvalue weighted by atomic mass is 16.5. The minimum atomic E-state index is -0.312. The van der Waals surface area contributed by atoms with Crippen LogP contribution in [0.4, 0.5) is 16.6 Å². The second kappa shape index (κ2) is 15.8. The molecule has 4 N–H and O–H groups in total. The quantitative estimate of drug-likeness (QED) is 0.110. The molecule has 0 bridgehead atoms. The van der Waals surface area contributed by atoms with Crippen LogP contribution in [0.3, 0.4) is 0 Å². The Morgan fingerprint density at radius 2 is 1.77 bits per heavy atom. The van der Waals surface area contributed by atoms with Crippen molar-refractivity contribution in [3.05, 3.63) is 89.2 Å². The maximum absolute atomic E-state index is 13.8. The van der Waals surface area contributed by atoms with Crippen LogP contribution < -0.4 is 30.3 Å². The van der Waals surface area contributed by atoms with Crippen molar-refractivity contribution in [1.29, 1.82) is 0 Å². The smallest absolute Gasteiger partial charge is 0.320 e. The van der Waals surface area contributed by atoms with Gasteiger partial charge in [0.2, 0.25) is 5.95 Å². The first-order valence-electron chi connectivity index (χ1n) is 18.8. The molecule has 13 nitrogen and oxygen atoms in total. The molecule has 1 aliphatic carbocycles. The number of nitrogens with one attached hydrogen (secondary N) is 3.